The van der Waals surface area contributed by atoms with E-state index in [1.807, 2.05) is 6.07 Å². The van der Waals surface area contributed by atoms with Crippen LogP contribution in [-0.2, 0) is 37.1 Å². The van der Waals surface area contributed by atoms with Crippen LogP contribution in [0.4, 0.5) is 79.0 Å². The third kappa shape index (κ3) is 8.98. The molecule has 0 saturated carbocycles. The highest BCUT2D eigenvalue weighted by atomic mass is 19.4. The van der Waals surface area contributed by atoms with Gasteiger partial charge in [-0.2, -0.15) is 84.3 Å². The van der Waals surface area contributed by atoms with Gasteiger partial charge < -0.3 is 9.13 Å². The molecule has 386 valence electrons. The molecule has 8 aromatic carbocycles. The summed E-state index contributed by atoms with van der Waals surface area (Å²) in [6.45, 7) is 0. The highest BCUT2D eigenvalue weighted by Crippen LogP contribution is 2.50. The van der Waals surface area contributed by atoms with Gasteiger partial charge in [0.05, 0.1) is 78.5 Å². The monoisotopic (exact) mass is 1070 g/mol. The van der Waals surface area contributed by atoms with Crippen molar-refractivity contribution in [2.75, 3.05) is 0 Å². The van der Waals surface area contributed by atoms with Gasteiger partial charge in [-0.1, -0.05) is 66.7 Å². The second-order valence-corrected chi connectivity index (χ2v) is 17.5. The molecule has 10 rings (SSSR count). The lowest BCUT2D eigenvalue weighted by molar-refractivity contribution is -0.144. The first-order valence-corrected chi connectivity index (χ1v) is 22.0. The van der Waals surface area contributed by atoms with Crippen LogP contribution in [0.2, 0.25) is 0 Å². The van der Waals surface area contributed by atoms with Crippen LogP contribution in [0, 0.1) is 11.3 Å². The Balaban J connectivity index is 1.38. The highest BCUT2D eigenvalue weighted by Gasteiger charge is 2.42. The van der Waals surface area contributed by atoms with Crippen LogP contribution in [-0.4, -0.2) is 9.13 Å². The summed E-state index contributed by atoms with van der Waals surface area (Å²) in [6, 6.07) is 25.5. The summed E-state index contributed by atoms with van der Waals surface area (Å²) in [6.07, 6.45) is -32.1. The number of aromatic nitrogens is 2. The summed E-state index contributed by atoms with van der Waals surface area (Å²) in [7, 11) is 0. The molecule has 21 heteroatoms. The van der Waals surface area contributed by atoms with Gasteiger partial charge in [0, 0.05) is 27.1 Å². The highest BCUT2D eigenvalue weighted by molar-refractivity contribution is 6.13. The summed E-state index contributed by atoms with van der Waals surface area (Å²) in [4.78, 5) is 0. The van der Waals surface area contributed by atoms with Gasteiger partial charge in [0.2, 0.25) is 0 Å². The Kier molecular flexibility index (Phi) is 11.6. The van der Waals surface area contributed by atoms with Crippen molar-refractivity contribution in [3.8, 4) is 50.8 Å². The molecule has 76 heavy (non-hydrogen) atoms. The molecule has 2 aromatic heterocycles. The van der Waals surface area contributed by atoms with Gasteiger partial charge in [0.25, 0.3) is 0 Å². The van der Waals surface area contributed by atoms with Gasteiger partial charge in [0.1, 0.15) is 0 Å². The van der Waals surface area contributed by atoms with E-state index in [-0.39, 0.29) is 78.5 Å². The van der Waals surface area contributed by atoms with Crippen LogP contribution in [0.5, 0.6) is 0 Å². The van der Waals surface area contributed by atoms with Gasteiger partial charge in [0.15, 0.2) is 0 Å². The first-order valence-electron chi connectivity index (χ1n) is 22.0. The SMILES string of the molecule is N#Cc1cc(-n2c3ccccc3c3ccc(-c4cc(C(F)(F)F)cc(C(F)(F)F)c4)cc32)c(-c2ccc(C(F)(F)F)cc2C(F)(F)F)c(-n2c3ccccc3c3ccc(-c4cc(C(F)(F)F)cc(C(F)(F)F)c4)cc32)c1. The minimum atomic E-state index is -5.61. The molecule has 0 radical (unpaired) electrons. The third-order valence-corrected chi connectivity index (χ3v) is 12.8. The lowest BCUT2D eigenvalue weighted by atomic mass is 9.92. The Hall–Kier alpha value is -8.41. The fraction of sp³-hybridized carbons (Fsp3) is 0.109. The first kappa shape index (κ1) is 51.1. The van der Waals surface area contributed by atoms with E-state index in [2.05, 4.69) is 0 Å². The maximum Gasteiger partial charge on any atom is 0.417 e. The zero-order valence-corrected chi connectivity index (χ0v) is 37.6. The number of alkyl halides is 18. The van der Waals surface area contributed by atoms with E-state index in [1.54, 1.807) is 0 Å². The standard InChI is InChI=1S/C55H25F18N3/c56-50(57,58)32-11-14-41(42(25-32)55(71,72)73)49-47(75-43-7-3-1-5-37(43)39-12-9-28(21-45(39)75)30-17-33(51(59,60)61)23-34(18-30)52(62,63)64)15-27(26-74)16-48(49)76-44-8-4-2-6-38(44)40-13-10-29(22-46(40)76)31-19-35(53(65,66)67)24-36(20-31)54(68,69)70/h1-25H. The number of hydrogen-bond acceptors (Lipinski definition) is 1. The van der Waals surface area contributed by atoms with Gasteiger partial charge in [-0.15, -0.1) is 0 Å². The van der Waals surface area contributed by atoms with Crippen molar-refractivity contribution in [2.24, 2.45) is 0 Å². The molecule has 10 aromatic rings. The van der Waals surface area contributed by atoms with Gasteiger partial charge in [-0.05, 0) is 113 Å². The van der Waals surface area contributed by atoms with Crippen LogP contribution in [0.25, 0.3) is 88.4 Å². The number of nitrogens with zero attached hydrogens (tertiary/aromatic N) is 3. The third-order valence-electron chi connectivity index (χ3n) is 12.8. The molecule has 0 spiro atoms. The van der Waals surface area contributed by atoms with Crippen molar-refractivity contribution in [2.45, 2.75) is 37.1 Å². The summed E-state index contributed by atoms with van der Waals surface area (Å²) >= 11 is 0. The second kappa shape index (κ2) is 17.3. The predicted molar refractivity (Wildman–Crippen MR) is 246 cm³/mol. The van der Waals surface area contributed by atoms with Crippen molar-refractivity contribution in [1.82, 2.24) is 9.13 Å². The topological polar surface area (TPSA) is 33.6 Å². The fourth-order valence-electron chi connectivity index (χ4n) is 9.54. The van der Waals surface area contributed by atoms with Gasteiger partial charge >= 0.3 is 37.1 Å². The van der Waals surface area contributed by atoms with E-state index in [0.29, 0.717) is 36.4 Å². The molecule has 0 aliphatic carbocycles. The Morgan fingerprint density at radius 2 is 0.684 bits per heavy atom. The fourth-order valence-corrected chi connectivity index (χ4v) is 9.54. The number of hydrogen-bond donors (Lipinski definition) is 0. The average Bonchev–Trinajstić information content (AvgIpc) is 3.86. The van der Waals surface area contributed by atoms with Gasteiger partial charge in [-0.25, -0.2) is 0 Å². The number of benzene rings is 8. The van der Waals surface area contributed by atoms with Crippen molar-refractivity contribution in [3.63, 3.8) is 0 Å². The maximum atomic E-state index is 15.6. The summed E-state index contributed by atoms with van der Waals surface area (Å²) < 4.78 is 262. The molecule has 0 fully saturated rings. The van der Waals surface area contributed by atoms with Crippen LogP contribution < -0.4 is 0 Å². The number of halogens is 18. The van der Waals surface area contributed by atoms with Crippen molar-refractivity contribution >= 4 is 43.6 Å². The van der Waals surface area contributed by atoms with Gasteiger partial charge in [-0.3, -0.25) is 0 Å². The van der Waals surface area contributed by atoms with Crippen LogP contribution in [0.3, 0.4) is 0 Å². The van der Waals surface area contributed by atoms with Crippen molar-refractivity contribution in [3.05, 3.63) is 191 Å². The molecule has 0 bridgehead atoms. The van der Waals surface area contributed by atoms with E-state index in [9.17, 15) is 71.1 Å². The molecule has 0 aliphatic rings. The number of fused-ring (bicyclic) bond motifs is 6. The molecule has 0 N–H and O–H groups in total. The Bertz CT molecular complexity index is 3760. The smallest absolute Gasteiger partial charge is 0.308 e. The van der Waals surface area contributed by atoms with Crippen molar-refractivity contribution in [1.29, 1.82) is 5.26 Å². The molecular weight excluding hydrogens is 1040 g/mol. The molecule has 0 atom stereocenters. The zero-order chi connectivity index (χ0) is 54.8. The lowest BCUT2D eigenvalue weighted by Gasteiger charge is -2.24. The molecule has 0 aliphatic heterocycles. The minimum Gasteiger partial charge on any atom is -0.308 e. The van der Waals surface area contributed by atoms with Crippen LogP contribution >= 0.6 is 0 Å². The molecule has 0 unspecified atom stereocenters. The van der Waals surface area contributed by atoms with E-state index in [4.69, 9.17) is 0 Å². The minimum absolute atomic E-state index is 0.0898. The van der Waals surface area contributed by atoms with E-state index in [0.717, 1.165) is 24.3 Å². The summed E-state index contributed by atoms with van der Waals surface area (Å²) in [5.41, 5.74) is -15.0. The molecule has 0 saturated heterocycles. The zero-order valence-electron chi connectivity index (χ0n) is 37.6. The molecular formula is C55H25F18N3. The van der Waals surface area contributed by atoms with E-state index < -0.39 is 104 Å². The summed E-state index contributed by atoms with van der Waals surface area (Å²) in [5.74, 6) is 0. The lowest BCUT2D eigenvalue weighted by Crippen LogP contribution is -2.14. The first-order chi connectivity index (χ1) is 35.4. The Morgan fingerprint density at radius 1 is 0.316 bits per heavy atom. The largest absolute Gasteiger partial charge is 0.417 e. The molecule has 2 heterocycles. The van der Waals surface area contributed by atoms with Crippen molar-refractivity contribution < 1.29 is 79.0 Å². The summed E-state index contributed by atoms with van der Waals surface area (Å²) in [5, 5.41) is 11.7. The average molecular weight is 1070 g/mol. The quantitative estimate of drug-likeness (QED) is 0.158. The predicted octanol–water partition coefficient (Wildman–Crippen LogP) is 18.9. The Labute approximate surface area is 414 Å². The second-order valence-electron chi connectivity index (χ2n) is 17.5. The normalized spacial score (nSPS) is 13.1. The van der Waals surface area contributed by atoms with E-state index >= 15 is 13.2 Å². The Morgan fingerprint density at radius 3 is 1.04 bits per heavy atom. The molecule has 0 amide bonds. The number of rotatable bonds is 5. The molecule has 3 nitrogen and oxygen atoms in total. The number of nitriles is 1. The van der Waals surface area contributed by atoms with Crippen LogP contribution in [0.15, 0.2) is 152 Å². The van der Waals surface area contributed by atoms with Crippen LogP contribution in [0.1, 0.15) is 38.9 Å². The van der Waals surface area contributed by atoms with E-state index in [1.165, 1.54) is 81.9 Å². The number of para-hydroxylation sites is 2. The maximum absolute atomic E-state index is 15.6.